The van der Waals surface area contributed by atoms with Crippen LogP contribution in [0, 0.1) is 10.1 Å². The summed E-state index contributed by atoms with van der Waals surface area (Å²) in [4.78, 5) is 10.7. The van der Waals surface area contributed by atoms with Crippen molar-refractivity contribution in [1.29, 1.82) is 0 Å². The Morgan fingerprint density at radius 2 is 1.55 bits per heavy atom. The first-order valence-electron chi connectivity index (χ1n) is 7.83. The number of nitro benzene ring substituents is 1. The Kier molecular flexibility index (Phi) is 8.67. The predicted octanol–water partition coefficient (Wildman–Crippen LogP) is 5.39. The van der Waals surface area contributed by atoms with Crippen molar-refractivity contribution in [2.45, 2.75) is 52.4 Å². The third-order valence-corrected chi connectivity index (χ3v) is 3.52. The summed E-state index contributed by atoms with van der Waals surface area (Å²) < 4.78 is 11.0. The van der Waals surface area contributed by atoms with Crippen LogP contribution in [0.1, 0.15) is 52.4 Å². The van der Waals surface area contributed by atoms with Crippen molar-refractivity contribution in [1.82, 2.24) is 0 Å². The second kappa shape index (κ2) is 10.3. The van der Waals surface area contributed by atoms with Gasteiger partial charge in [-0.3, -0.25) is 10.1 Å². The largest absolute Gasteiger partial charge is 0.492 e. The summed E-state index contributed by atoms with van der Waals surface area (Å²) in [5.41, 5.74) is -0.105. The van der Waals surface area contributed by atoms with Gasteiger partial charge in [-0.05, 0) is 12.8 Å². The van der Waals surface area contributed by atoms with Crippen molar-refractivity contribution >= 4 is 17.3 Å². The van der Waals surface area contributed by atoms with Crippen LogP contribution in [-0.2, 0) is 0 Å². The lowest BCUT2D eigenvalue weighted by Crippen LogP contribution is -2.03. The molecule has 0 amide bonds. The van der Waals surface area contributed by atoms with Crippen LogP contribution in [-0.4, -0.2) is 18.1 Å². The van der Waals surface area contributed by atoms with E-state index < -0.39 is 4.92 Å². The number of nitrogens with zero attached hydrogens (tertiary/aromatic N) is 1. The van der Waals surface area contributed by atoms with E-state index in [9.17, 15) is 10.1 Å². The predicted molar refractivity (Wildman–Crippen MR) is 88.1 cm³/mol. The lowest BCUT2D eigenvalue weighted by molar-refractivity contribution is -0.385. The quantitative estimate of drug-likeness (QED) is 0.310. The molecule has 1 rings (SSSR count). The maximum absolute atomic E-state index is 11.2. The molecule has 0 aromatic heterocycles. The van der Waals surface area contributed by atoms with Gasteiger partial charge in [0.15, 0.2) is 5.75 Å². The molecule has 0 unspecified atom stereocenters. The SMILES string of the molecule is CCCCCOc1cc([N+](=O)[O-])c(OCCCCC)cc1Cl. The topological polar surface area (TPSA) is 61.6 Å². The van der Waals surface area contributed by atoms with E-state index in [2.05, 4.69) is 13.8 Å². The molecular formula is C16H24ClNO4. The first kappa shape index (κ1) is 18.6. The van der Waals surface area contributed by atoms with Crippen molar-refractivity contribution in [3.8, 4) is 11.5 Å². The molecule has 5 nitrogen and oxygen atoms in total. The molecule has 0 aliphatic heterocycles. The van der Waals surface area contributed by atoms with Crippen molar-refractivity contribution in [2.24, 2.45) is 0 Å². The molecular weight excluding hydrogens is 306 g/mol. The number of hydrogen-bond donors (Lipinski definition) is 0. The number of unbranched alkanes of at least 4 members (excludes halogenated alkanes) is 4. The standard InChI is InChI=1S/C16H24ClNO4/c1-3-5-7-9-21-15-12-14(18(19)20)16(11-13(15)17)22-10-8-6-4-2/h11-12H,3-10H2,1-2H3. The second-order valence-corrected chi connectivity index (χ2v) is 5.53. The summed E-state index contributed by atoms with van der Waals surface area (Å²) in [6.07, 6.45) is 5.99. The Morgan fingerprint density at radius 1 is 1.00 bits per heavy atom. The van der Waals surface area contributed by atoms with Crippen LogP contribution in [0.25, 0.3) is 0 Å². The normalized spacial score (nSPS) is 10.5. The van der Waals surface area contributed by atoms with E-state index in [1.54, 1.807) is 0 Å². The van der Waals surface area contributed by atoms with Gasteiger partial charge in [0, 0.05) is 6.07 Å². The van der Waals surface area contributed by atoms with Gasteiger partial charge in [-0.2, -0.15) is 0 Å². The molecule has 0 radical (unpaired) electrons. The minimum absolute atomic E-state index is 0.105. The molecule has 0 fully saturated rings. The molecule has 0 saturated carbocycles. The maximum atomic E-state index is 11.2. The molecule has 0 spiro atoms. The monoisotopic (exact) mass is 329 g/mol. The summed E-state index contributed by atoms with van der Waals surface area (Å²) in [5.74, 6) is 0.539. The number of ether oxygens (including phenoxy) is 2. The summed E-state index contributed by atoms with van der Waals surface area (Å²) in [6, 6.07) is 2.82. The number of rotatable bonds is 11. The first-order chi connectivity index (χ1) is 10.6. The smallest absolute Gasteiger partial charge is 0.314 e. The van der Waals surface area contributed by atoms with E-state index in [0.29, 0.717) is 24.0 Å². The van der Waals surface area contributed by atoms with Gasteiger partial charge in [0.05, 0.1) is 29.2 Å². The highest BCUT2D eigenvalue weighted by molar-refractivity contribution is 6.32. The van der Waals surface area contributed by atoms with E-state index in [-0.39, 0.29) is 11.4 Å². The van der Waals surface area contributed by atoms with Crippen LogP contribution in [0.2, 0.25) is 5.02 Å². The zero-order valence-electron chi connectivity index (χ0n) is 13.3. The van der Waals surface area contributed by atoms with Gasteiger partial charge in [-0.1, -0.05) is 51.1 Å². The van der Waals surface area contributed by atoms with Crippen LogP contribution in [0.5, 0.6) is 11.5 Å². The van der Waals surface area contributed by atoms with Gasteiger partial charge >= 0.3 is 5.69 Å². The van der Waals surface area contributed by atoms with Gasteiger partial charge in [0.1, 0.15) is 5.75 Å². The Bertz CT molecular complexity index is 479. The van der Waals surface area contributed by atoms with Crippen LogP contribution in [0.15, 0.2) is 12.1 Å². The number of nitro groups is 1. The number of halogens is 1. The minimum atomic E-state index is -0.468. The zero-order valence-corrected chi connectivity index (χ0v) is 14.0. The molecule has 6 heteroatoms. The molecule has 0 saturated heterocycles. The van der Waals surface area contributed by atoms with Crippen molar-refractivity contribution in [2.75, 3.05) is 13.2 Å². The van der Waals surface area contributed by atoms with Crippen molar-refractivity contribution < 1.29 is 14.4 Å². The summed E-state index contributed by atoms with van der Waals surface area (Å²) >= 11 is 6.13. The maximum Gasteiger partial charge on any atom is 0.314 e. The van der Waals surface area contributed by atoms with Gasteiger partial charge in [0.25, 0.3) is 0 Å². The third-order valence-electron chi connectivity index (χ3n) is 3.22. The van der Waals surface area contributed by atoms with Crippen LogP contribution >= 0.6 is 11.6 Å². The molecule has 0 heterocycles. The van der Waals surface area contributed by atoms with E-state index in [1.807, 2.05) is 0 Å². The average molecular weight is 330 g/mol. The highest BCUT2D eigenvalue weighted by Gasteiger charge is 2.19. The van der Waals surface area contributed by atoms with Crippen LogP contribution < -0.4 is 9.47 Å². The van der Waals surface area contributed by atoms with E-state index in [0.717, 1.165) is 38.5 Å². The fraction of sp³-hybridized carbons (Fsp3) is 0.625. The lowest BCUT2D eigenvalue weighted by atomic mass is 10.2. The molecule has 0 aliphatic carbocycles. The Labute approximate surface area is 136 Å². The van der Waals surface area contributed by atoms with Crippen LogP contribution in [0.3, 0.4) is 0 Å². The molecule has 0 aliphatic rings. The average Bonchev–Trinajstić information content (AvgIpc) is 2.49. The number of benzene rings is 1. The molecule has 0 bridgehead atoms. The summed E-state index contributed by atoms with van der Waals surface area (Å²) in [6.45, 7) is 5.13. The summed E-state index contributed by atoms with van der Waals surface area (Å²) in [5, 5.41) is 11.5. The van der Waals surface area contributed by atoms with Crippen LogP contribution in [0.4, 0.5) is 5.69 Å². The third kappa shape index (κ3) is 6.10. The van der Waals surface area contributed by atoms with E-state index >= 15 is 0 Å². The first-order valence-corrected chi connectivity index (χ1v) is 8.21. The van der Waals surface area contributed by atoms with Gasteiger partial charge in [-0.15, -0.1) is 0 Å². The lowest BCUT2D eigenvalue weighted by Gasteiger charge is -2.11. The molecule has 22 heavy (non-hydrogen) atoms. The fourth-order valence-electron chi connectivity index (χ4n) is 1.96. The van der Waals surface area contributed by atoms with Gasteiger partial charge < -0.3 is 9.47 Å². The molecule has 1 aromatic rings. The Balaban J connectivity index is 2.76. The molecule has 0 N–H and O–H groups in total. The Morgan fingerprint density at radius 3 is 2.05 bits per heavy atom. The van der Waals surface area contributed by atoms with Crippen molar-refractivity contribution in [3.05, 3.63) is 27.3 Å². The van der Waals surface area contributed by atoms with Gasteiger partial charge in [0.2, 0.25) is 0 Å². The second-order valence-electron chi connectivity index (χ2n) is 5.12. The minimum Gasteiger partial charge on any atom is -0.492 e. The molecule has 124 valence electrons. The van der Waals surface area contributed by atoms with Gasteiger partial charge in [-0.25, -0.2) is 0 Å². The zero-order chi connectivity index (χ0) is 16.4. The fourth-order valence-corrected chi connectivity index (χ4v) is 2.17. The molecule has 0 atom stereocenters. The molecule has 1 aromatic carbocycles. The van der Waals surface area contributed by atoms with Crippen molar-refractivity contribution in [3.63, 3.8) is 0 Å². The van der Waals surface area contributed by atoms with E-state index in [1.165, 1.54) is 12.1 Å². The number of hydrogen-bond acceptors (Lipinski definition) is 4. The Hall–Kier alpha value is -1.49. The highest BCUT2D eigenvalue weighted by atomic mass is 35.5. The van der Waals surface area contributed by atoms with E-state index in [4.69, 9.17) is 21.1 Å². The summed E-state index contributed by atoms with van der Waals surface area (Å²) in [7, 11) is 0. The highest BCUT2D eigenvalue weighted by Crippen LogP contribution is 2.37.